The van der Waals surface area contributed by atoms with Crippen molar-refractivity contribution in [2.45, 2.75) is 17.3 Å². The van der Waals surface area contributed by atoms with E-state index in [0.29, 0.717) is 22.9 Å². The van der Waals surface area contributed by atoms with Gasteiger partial charge < -0.3 is 10.2 Å². The Morgan fingerprint density at radius 2 is 2.37 bits per heavy atom. The van der Waals surface area contributed by atoms with Gasteiger partial charge >= 0.3 is 0 Å². The topological polar surface area (TPSA) is 107 Å². The number of aromatic amines is 1. The number of aromatic nitrogens is 5. The first-order chi connectivity index (χ1) is 9.22. The van der Waals surface area contributed by atoms with Gasteiger partial charge in [-0.1, -0.05) is 17.8 Å². The molecule has 0 saturated carbocycles. The first kappa shape index (κ1) is 12.2. The van der Waals surface area contributed by atoms with E-state index in [0.717, 1.165) is 4.88 Å². The summed E-state index contributed by atoms with van der Waals surface area (Å²) in [6.45, 7) is 1.95. The van der Waals surface area contributed by atoms with Gasteiger partial charge in [-0.2, -0.15) is 4.98 Å². The molecule has 19 heavy (non-hydrogen) atoms. The Hall–Kier alpha value is -1.87. The van der Waals surface area contributed by atoms with E-state index in [1.165, 1.54) is 11.8 Å². The van der Waals surface area contributed by atoms with Gasteiger partial charge in [0.2, 0.25) is 17.0 Å². The third kappa shape index (κ3) is 2.61. The first-order valence-corrected chi connectivity index (χ1v) is 7.20. The molecule has 3 aromatic rings. The van der Waals surface area contributed by atoms with Crippen molar-refractivity contribution < 1.29 is 4.42 Å². The molecule has 9 heteroatoms. The fourth-order valence-electron chi connectivity index (χ4n) is 1.42. The van der Waals surface area contributed by atoms with Crippen LogP contribution in [0.25, 0.3) is 10.8 Å². The van der Waals surface area contributed by atoms with E-state index < -0.39 is 0 Å². The molecule has 3 N–H and O–H groups in total. The van der Waals surface area contributed by atoms with Crippen LogP contribution in [0.15, 0.2) is 27.1 Å². The molecule has 0 aromatic carbocycles. The summed E-state index contributed by atoms with van der Waals surface area (Å²) in [6, 6.07) is 3.88. The molecule has 0 fully saturated rings. The van der Waals surface area contributed by atoms with Gasteiger partial charge in [0.25, 0.3) is 5.89 Å². The molecule has 0 saturated heterocycles. The van der Waals surface area contributed by atoms with Gasteiger partial charge in [0.05, 0.1) is 10.1 Å². The number of nitrogens with zero attached hydrogens (tertiary/aromatic N) is 4. The second-order valence-electron chi connectivity index (χ2n) is 3.69. The number of thioether (sulfide) groups is 1. The number of nitrogens with two attached hydrogens (primary N) is 1. The van der Waals surface area contributed by atoms with Gasteiger partial charge in [-0.05, 0) is 18.4 Å². The lowest BCUT2D eigenvalue weighted by atomic mass is 10.5. The third-order valence-corrected chi connectivity index (χ3v) is 4.09. The van der Waals surface area contributed by atoms with Crippen molar-refractivity contribution in [3.63, 3.8) is 0 Å². The van der Waals surface area contributed by atoms with Crippen LogP contribution in [-0.4, -0.2) is 25.4 Å². The molecule has 0 aliphatic rings. The smallest absolute Gasteiger partial charge is 0.257 e. The summed E-state index contributed by atoms with van der Waals surface area (Å²) in [5.74, 6) is 1.36. The first-order valence-electron chi connectivity index (χ1n) is 5.44. The summed E-state index contributed by atoms with van der Waals surface area (Å²) in [7, 11) is 0. The van der Waals surface area contributed by atoms with Crippen molar-refractivity contribution in [2.75, 3.05) is 5.73 Å². The molecule has 0 aliphatic carbocycles. The lowest BCUT2D eigenvalue weighted by Gasteiger charge is -2.01. The van der Waals surface area contributed by atoms with E-state index in [1.54, 1.807) is 11.3 Å². The molecule has 3 heterocycles. The van der Waals surface area contributed by atoms with Crippen LogP contribution >= 0.6 is 23.1 Å². The average molecular weight is 294 g/mol. The van der Waals surface area contributed by atoms with Crippen LogP contribution < -0.4 is 5.73 Å². The zero-order chi connectivity index (χ0) is 13.2. The van der Waals surface area contributed by atoms with Crippen molar-refractivity contribution in [2.24, 2.45) is 0 Å². The van der Waals surface area contributed by atoms with Crippen LogP contribution in [0, 0.1) is 0 Å². The number of rotatable bonds is 4. The number of hydrogen-bond acceptors (Lipinski definition) is 8. The van der Waals surface area contributed by atoms with Crippen molar-refractivity contribution in [3.05, 3.63) is 23.4 Å². The SMILES string of the molecule is C[C@H](Sc1n[nH]c(N)n1)c1nnc(-c2cccs2)o1. The minimum absolute atomic E-state index is 0.0450. The number of thiophene rings is 1. The predicted molar refractivity (Wildman–Crippen MR) is 72.7 cm³/mol. The van der Waals surface area contributed by atoms with E-state index in [-0.39, 0.29) is 5.25 Å². The fourth-order valence-corrected chi connectivity index (χ4v) is 2.82. The second-order valence-corrected chi connectivity index (χ2v) is 5.94. The Labute approximate surface area is 116 Å². The van der Waals surface area contributed by atoms with Crippen molar-refractivity contribution in [1.29, 1.82) is 0 Å². The number of anilines is 1. The molecule has 3 aromatic heterocycles. The molecule has 0 amide bonds. The Morgan fingerprint density at radius 1 is 1.47 bits per heavy atom. The lowest BCUT2D eigenvalue weighted by molar-refractivity contribution is 0.510. The summed E-state index contributed by atoms with van der Waals surface area (Å²) in [5.41, 5.74) is 5.47. The van der Waals surface area contributed by atoms with Crippen LogP contribution in [0.3, 0.4) is 0 Å². The van der Waals surface area contributed by atoms with Gasteiger partial charge in [0, 0.05) is 0 Å². The summed E-state index contributed by atoms with van der Waals surface area (Å²) < 4.78 is 5.64. The fraction of sp³-hybridized carbons (Fsp3) is 0.200. The average Bonchev–Trinajstić information content (AvgIpc) is 3.08. The van der Waals surface area contributed by atoms with Gasteiger partial charge in [-0.15, -0.1) is 26.6 Å². The summed E-state index contributed by atoms with van der Waals surface area (Å²) in [4.78, 5) is 4.98. The number of nitrogens with one attached hydrogen (secondary N) is 1. The van der Waals surface area contributed by atoms with Crippen molar-refractivity contribution >= 4 is 29.0 Å². The largest absolute Gasteiger partial charge is 0.419 e. The normalized spacial score (nSPS) is 12.7. The summed E-state index contributed by atoms with van der Waals surface area (Å²) in [6.07, 6.45) is 0. The maximum absolute atomic E-state index is 5.64. The van der Waals surface area contributed by atoms with E-state index in [9.17, 15) is 0 Å². The number of H-pyrrole nitrogens is 1. The highest BCUT2D eigenvalue weighted by atomic mass is 32.2. The molecule has 3 rings (SSSR count). The minimum Gasteiger partial charge on any atom is -0.419 e. The Bertz CT molecular complexity index is 661. The van der Waals surface area contributed by atoms with E-state index >= 15 is 0 Å². The minimum atomic E-state index is -0.0450. The standard InChI is InChI=1S/C10H10N6OS2/c1-5(19-10-12-9(11)15-16-10)7-13-14-8(17-7)6-3-2-4-18-6/h2-5H,1H3,(H3,11,12,15,16)/t5-/m0/s1. The molecule has 0 spiro atoms. The number of hydrogen-bond donors (Lipinski definition) is 2. The van der Waals surface area contributed by atoms with E-state index in [2.05, 4.69) is 25.4 Å². The van der Waals surface area contributed by atoms with E-state index in [1.807, 2.05) is 24.4 Å². The molecule has 0 unspecified atom stereocenters. The quantitative estimate of drug-likeness (QED) is 0.711. The third-order valence-electron chi connectivity index (χ3n) is 2.28. The highest BCUT2D eigenvalue weighted by Gasteiger charge is 2.18. The van der Waals surface area contributed by atoms with Crippen LogP contribution in [0.1, 0.15) is 18.1 Å². The number of nitrogen functional groups attached to an aromatic ring is 1. The highest BCUT2D eigenvalue weighted by Crippen LogP contribution is 2.33. The maximum atomic E-state index is 5.64. The van der Waals surface area contributed by atoms with Gasteiger partial charge in [-0.3, -0.25) is 0 Å². The Balaban J connectivity index is 1.75. The molecule has 0 bridgehead atoms. The van der Waals surface area contributed by atoms with Crippen LogP contribution in [0.4, 0.5) is 5.95 Å². The monoisotopic (exact) mass is 294 g/mol. The van der Waals surface area contributed by atoms with Gasteiger partial charge in [0.1, 0.15) is 0 Å². The Kier molecular flexibility index (Phi) is 3.22. The van der Waals surface area contributed by atoms with Gasteiger partial charge in [0.15, 0.2) is 0 Å². The van der Waals surface area contributed by atoms with E-state index in [4.69, 9.17) is 10.2 Å². The molecule has 7 nitrogen and oxygen atoms in total. The van der Waals surface area contributed by atoms with Crippen LogP contribution in [0.2, 0.25) is 0 Å². The van der Waals surface area contributed by atoms with Gasteiger partial charge in [-0.25, -0.2) is 5.10 Å². The highest BCUT2D eigenvalue weighted by molar-refractivity contribution is 7.99. The summed E-state index contributed by atoms with van der Waals surface area (Å²) in [5, 5.41) is 17.1. The zero-order valence-electron chi connectivity index (χ0n) is 9.90. The summed E-state index contributed by atoms with van der Waals surface area (Å²) >= 11 is 2.96. The second kappa shape index (κ2) is 5.02. The van der Waals surface area contributed by atoms with Crippen molar-refractivity contribution in [1.82, 2.24) is 25.4 Å². The zero-order valence-corrected chi connectivity index (χ0v) is 11.5. The lowest BCUT2D eigenvalue weighted by Crippen LogP contribution is -1.90. The van der Waals surface area contributed by atoms with Crippen molar-refractivity contribution in [3.8, 4) is 10.8 Å². The molecule has 0 aliphatic heterocycles. The molecule has 0 radical (unpaired) electrons. The van der Waals surface area contributed by atoms with Crippen LogP contribution in [0.5, 0.6) is 0 Å². The molecular formula is C10H10N6OS2. The molecule has 1 atom stereocenters. The molecule has 98 valence electrons. The maximum Gasteiger partial charge on any atom is 0.257 e. The Morgan fingerprint density at radius 3 is 3.05 bits per heavy atom. The molecular weight excluding hydrogens is 284 g/mol. The predicted octanol–water partition coefficient (Wildman–Crippen LogP) is 2.35. The van der Waals surface area contributed by atoms with Crippen LogP contribution in [-0.2, 0) is 0 Å².